The highest BCUT2D eigenvalue weighted by Gasteiger charge is 2.39. The Labute approximate surface area is 353 Å². The average molecular weight is 834 g/mol. The molecule has 320 valence electrons. The van der Waals surface area contributed by atoms with Crippen LogP contribution in [0.1, 0.15) is 77.0 Å². The molecule has 4 atom stereocenters. The summed E-state index contributed by atoms with van der Waals surface area (Å²) >= 11 is 0. The zero-order valence-corrected chi connectivity index (χ0v) is 35.2. The lowest BCUT2D eigenvalue weighted by Crippen LogP contribution is -2.51. The number of halogens is 1. The predicted molar refractivity (Wildman–Crippen MR) is 229 cm³/mol. The summed E-state index contributed by atoms with van der Waals surface area (Å²) in [5.41, 5.74) is 5.23. The van der Waals surface area contributed by atoms with Crippen molar-refractivity contribution >= 4 is 34.9 Å². The molecule has 7 rings (SSSR count). The lowest BCUT2D eigenvalue weighted by atomic mass is 9.98. The molecule has 2 fully saturated rings. The Morgan fingerprint density at radius 3 is 1.70 bits per heavy atom. The Morgan fingerprint density at radius 1 is 0.705 bits per heavy atom. The van der Waals surface area contributed by atoms with Crippen molar-refractivity contribution in [1.29, 1.82) is 0 Å². The maximum Gasteiger partial charge on any atom is 0.407 e. The van der Waals surface area contributed by atoms with Gasteiger partial charge in [0.25, 0.3) is 0 Å². The van der Waals surface area contributed by atoms with Gasteiger partial charge < -0.3 is 39.9 Å². The van der Waals surface area contributed by atoms with E-state index in [4.69, 9.17) is 9.47 Å². The molecule has 5 aromatic rings. The van der Waals surface area contributed by atoms with E-state index in [1.165, 1.54) is 19.1 Å². The van der Waals surface area contributed by atoms with E-state index in [0.717, 1.165) is 46.4 Å². The first kappa shape index (κ1) is 42.6. The van der Waals surface area contributed by atoms with E-state index in [-0.39, 0.29) is 40.8 Å². The van der Waals surface area contributed by atoms with Crippen LogP contribution in [-0.4, -0.2) is 88.1 Å². The summed E-state index contributed by atoms with van der Waals surface area (Å²) in [7, 11) is 2.50. The predicted octanol–water partition coefficient (Wildman–Crippen LogP) is 7.48. The number of likely N-dealkylation sites (tertiary alicyclic amines) is 2. The van der Waals surface area contributed by atoms with Crippen LogP contribution in [0.25, 0.3) is 44.4 Å². The summed E-state index contributed by atoms with van der Waals surface area (Å²) in [6, 6.07) is 18.8. The molecule has 0 bridgehead atoms. The van der Waals surface area contributed by atoms with Crippen molar-refractivity contribution in [2.45, 2.75) is 77.5 Å². The van der Waals surface area contributed by atoms with Gasteiger partial charge in [0.05, 0.1) is 49.4 Å². The molecule has 15 heteroatoms. The lowest BCUT2D eigenvalue weighted by Gasteiger charge is -2.31. The number of aromatic amines is 2. The van der Waals surface area contributed by atoms with Gasteiger partial charge in [-0.25, -0.2) is 19.0 Å². The van der Waals surface area contributed by atoms with Gasteiger partial charge in [-0.15, -0.1) is 0 Å². The van der Waals surface area contributed by atoms with Gasteiger partial charge in [-0.3, -0.25) is 14.4 Å². The van der Waals surface area contributed by atoms with Crippen molar-refractivity contribution in [2.24, 2.45) is 11.8 Å². The number of amides is 4. The minimum Gasteiger partial charge on any atom is -0.453 e. The third-order valence-electron chi connectivity index (χ3n) is 11.8. The number of hydrogen-bond acceptors (Lipinski definition) is 8. The van der Waals surface area contributed by atoms with Crippen LogP contribution in [0.2, 0.25) is 0 Å². The minimum atomic E-state index is -0.922. The summed E-state index contributed by atoms with van der Waals surface area (Å²) in [6.07, 6.45) is 3.05. The Kier molecular flexibility index (Phi) is 12.6. The number of H-pyrrole nitrogens is 2. The summed E-state index contributed by atoms with van der Waals surface area (Å²) in [6.45, 7) is 8.31. The number of alkyl carbamates (subject to hydrolysis) is 2. The van der Waals surface area contributed by atoms with Crippen molar-refractivity contribution in [3.8, 4) is 33.5 Å². The van der Waals surface area contributed by atoms with Gasteiger partial charge in [0.1, 0.15) is 17.9 Å². The number of aromatic nitrogens is 3. The molecule has 0 aliphatic carbocycles. The van der Waals surface area contributed by atoms with Crippen LogP contribution in [0.4, 0.5) is 14.0 Å². The van der Waals surface area contributed by atoms with E-state index < -0.39 is 41.6 Å². The second kappa shape index (κ2) is 18.0. The van der Waals surface area contributed by atoms with Crippen LogP contribution in [0, 0.1) is 17.7 Å². The second-order valence-electron chi connectivity index (χ2n) is 16.4. The normalized spacial score (nSPS) is 17.5. The molecule has 1 unspecified atom stereocenters. The fraction of sp³-hybridized carbons (Fsp3) is 0.391. The molecule has 2 aliphatic heterocycles. The van der Waals surface area contributed by atoms with Gasteiger partial charge >= 0.3 is 12.2 Å². The number of nitrogens with one attached hydrogen (secondary N) is 4. The molecule has 61 heavy (non-hydrogen) atoms. The number of hydrogen-bond donors (Lipinski definition) is 4. The van der Waals surface area contributed by atoms with E-state index in [1.54, 1.807) is 37.1 Å². The monoisotopic (exact) mass is 833 g/mol. The van der Waals surface area contributed by atoms with Crippen LogP contribution in [0.5, 0.6) is 0 Å². The lowest BCUT2D eigenvalue weighted by molar-refractivity contribution is -0.136. The Bertz CT molecular complexity index is 2480. The van der Waals surface area contributed by atoms with Crippen molar-refractivity contribution < 1.29 is 33.0 Å². The van der Waals surface area contributed by atoms with Crippen LogP contribution >= 0.6 is 0 Å². The Hall–Kier alpha value is -6.51. The molecule has 0 saturated carbocycles. The maximum absolute atomic E-state index is 15.8. The van der Waals surface area contributed by atoms with Gasteiger partial charge in [-0.1, -0.05) is 82.3 Å². The number of benzene rings is 3. The van der Waals surface area contributed by atoms with E-state index in [9.17, 15) is 24.0 Å². The molecule has 2 saturated heterocycles. The number of imidazole rings is 1. The highest BCUT2D eigenvalue weighted by atomic mass is 19.1. The molecule has 2 aliphatic rings. The number of carbonyl (C=O) groups is 4. The highest BCUT2D eigenvalue weighted by Crippen LogP contribution is 2.36. The number of fused-ring (bicyclic) bond motifs is 1. The van der Waals surface area contributed by atoms with Crippen molar-refractivity contribution in [1.82, 2.24) is 35.4 Å². The zero-order valence-electron chi connectivity index (χ0n) is 35.2. The Balaban J connectivity index is 1.06. The van der Waals surface area contributed by atoms with Crippen molar-refractivity contribution in [3.63, 3.8) is 0 Å². The third kappa shape index (κ3) is 8.73. The molecular formula is C46H52FN7O7. The first-order valence-electron chi connectivity index (χ1n) is 20.7. The fourth-order valence-corrected chi connectivity index (χ4v) is 8.45. The summed E-state index contributed by atoms with van der Waals surface area (Å²) in [5.74, 6) is -1.13. The molecule has 2 aromatic heterocycles. The average Bonchev–Trinajstić information content (AvgIpc) is 4.07. The fourth-order valence-electron chi connectivity index (χ4n) is 8.45. The zero-order chi connectivity index (χ0) is 43.5. The topological polar surface area (TPSA) is 179 Å². The number of ether oxygens (including phenoxy) is 2. The largest absolute Gasteiger partial charge is 0.453 e. The smallest absolute Gasteiger partial charge is 0.407 e. The molecule has 4 amide bonds. The maximum atomic E-state index is 15.8. The third-order valence-corrected chi connectivity index (χ3v) is 11.8. The van der Waals surface area contributed by atoms with Crippen LogP contribution in [-0.2, 0) is 19.1 Å². The second-order valence-corrected chi connectivity index (χ2v) is 16.4. The number of rotatable bonds is 11. The number of carbonyl (C=O) groups excluding carboxylic acids is 4. The number of nitrogens with zero attached hydrogens (tertiary/aromatic N) is 3. The standard InChI is InChI=1S/C46H52FN7O7/c1-25(2)38(51-45(58)60-5)43(56)53-21-7-9-35(53)40-37(47)41(55)32-20-19-31(23-33(32)49-40)29-13-11-27(12-14-29)28-15-17-30(18-16-28)34-24-48-42(50-34)36-10-8-22-54(36)44(57)39(26(3)4)52-46(59)61-6/h11-20,23-26,35-36,38-39H,7-10,21-22H2,1-6H3,(H,48,50)(H,49,55)(H,51,58)(H,52,59)/t35?,36-,38-,39-/m0/s1. The van der Waals surface area contributed by atoms with E-state index in [0.29, 0.717) is 37.3 Å². The highest BCUT2D eigenvalue weighted by molar-refractivity contribution is 5.88. The minimum absolute atomic E-state index is 0.0478. The van der Waals surface area contributed by atoms with Crippen LogP contribution < -0.4 is 16.1 Å². The molecule has 14 nitrogen and oxygen atoms in total. The Morgan fingerprint density at radius 2 is 1.18 bits per heavy atom. The summed E-state index contributed by atoms with van der Waals surface area (Å²) in [4.78, 5) is 79.2. The van der Waals surface area contributed by atoms with Gasteiger partial charge in [-0.05, 0) is 77.5 Å². The summed E-state index contributed by atoms with van der Waals surface area (Å²) in [5, 5.41) is 5.49. The van der Waals surface area contributed by atoms with E-state index in [2.05, 4.69) is 25.6 Å². The molecule has 0 spiro atoms. The summed E-state index contributed by atoms with van der Waals surface area (Å²) < 4.78 is 25.3. The van der Waals surface area contributed by atoms with Crippen LogP contribution in [0.3, 0.4) is 0 Å². The first-order chi connectivity index (χ1) is 29.3. The van der Waals surface area contributed by atoms with Gasteiger partial charge in [-0.2, -0.15) is 0 Å². The van der Waals surface area contributed by atoms with E-state index >= 15 is 4.39 Å². The van der Waals surface area contributed by atoms with Gasteiger partial charge in [0.2, 0.25) is 17.2 Å². The van der Waals surface area contributed by atoms with Crippen molar-refractivity contribution in [3.05, 3.63) is 100 Å². The first-order valence-corrected chi connectivity index (χ1v) is 20.7. The number of methoxy groups -OCH3 is 2. The molecule has 4 heterocycles. The van der Waals surface area contributed by atoms with Gasteiger partial charge in [0.15, 0.2) is 5.82 Å². The SMILES string of the molecule is COC(=O)N[C@H](C(=O)N1CCCC1c1[nH]c2cc(-c3ccc(-c4ccc(-c5cnc([C@@H]6CCCN6C(=O)[C@@H](NC(=O)OC)C(C)C)[nH]5)cc4)cc3)ccc2c(=O)c1F)C(C)C. The molecule has 4 N–H and O–H groups in total. The van der Waals surface area contributed by atoms with Crippen LogP contribution in [0.15, 0.2) is 77.7 Å². The van der Waals surface area contributed by atoms with Crippen molar-refractivity contribution in [2.75, 3.05) is 27.3 Å². The molecular weight excluding hydrogens is 782 g/mol. The van der Waals surface area contributed by atoms with Gasteiger partial charge in [0, 0.05) is 18.5 Å². The molecule has 3 aromatic carbocycles. The molecule has 0 radical (unpaired) electrons. The quantitative estimate of drug-likeness (QED) is 0.106. The number of pyridine rings is 1. The van der Waals surface area contributed by atoms with E-state index in [1.807, 2.05) is 68.4 Å².